The normalized spacial score (nSPS) is 11.4. The number of anilines is 1. The number of carbonyl (C=O) groups excluding carboxylic acids is 1. The molecule has 0 aliphatic heterocycles. The Hall–Kier alpha value is -3.89. The number of carbonyl (C=O) groups is 1. The van der Waals surface area contributed by atoms with Crippen LogP contribution in [0.25, 0.3) is 10.9 Å². The third-order valence-electron chi connectivity index (χ3n) is 4.63. The predicted octanol–water partition coefficient (Wildman–Crippen LogP) is 4.21. The lowest BCUT2D eigenvalue weighted by molar-refractivity contribution is -0.388. The molecule has 0 saturated heterocycles. The number of amides is 1. The lowest BCUT2D eigenvalue weighted by Crippen LogP contribution is -2.24. The summed E-state index contributed by atoms with van der Waals surface area (Å²) in [5.74, 6) is -0.547. The number of ether oxygens (including phenoxy) is 1. The average molecular weight is 435 g/mol. The van der Waals surface area contributed by atoms with E-state index in [1.807, 2.05) is 0 Å². The zero-order valence-electron chi connectivity index (χ0n) is 16.3. The number of hydrogen-bond acceptors (Lipinski definition) is 5. The van der Waals surface area contributed by atoms with Crippen molar-refractivity contribution in [3.8, 4) is 5.75 Å². The fraction of sp³-hybridized carbons (Fsp3) is 0.200. The highest BCUT2D eigenvalue weighted by molar-refractivity contribution is 6.06. The molecule has 3 rings (SSSR count). The number of nitro groups is 1. The molecule has 0 spiro atoms. The van der Waals surface area contributed by atoms with Gasteiger partial charge in [-0.25, -0.2) is 0 Å². The van der Waals surface area contributed by atoms with Crippen molar-refractivity contribution >= 4 is 28.2 Å². The number of nitrogens with one attached hydrogen (secondary N) is 1. The Morgan fingerprint density at radius 1 is 1.23 bits per heavy atom. The van der Waals surface area contributed by atoms with Crippen molar-refractivity contribution in [2.75, 3.05) is 12.4 Å². The largest absolute Gasteiger partial charge is 0.497 e. The van der Waals surface area contributed by atoms with E-state index in [1.165, 1.54) is 19.4 Å². The summed E-state index contributed by atoms with van der Waals surface area (Å²) in [5, 5.41) is 13.3. The van der Waals surface area contributed by atoms with Crippen molar-refractivity contribution in [2.24, 2.45) is 0 Å². The van der Waals surface area contributed by atoms with E-state index < -0.39 is 33.7 Å². The first-order valence-electron chi connectivity index (χ1n) is 8.95. The highest BCUT2D eigenvalue weighted by Crippen LogP contribution is 2.37. The van der Waals surface area contributed by atoms with Crippen LogP contribution in [0.5, 0.6) is 5.75 Å². The number of aryl methyl sites for hydroxylation is 1. The summed E-state index contributed by atoms with van der Waals surface area (Å²) < 4.78 is 46.3. The zero-order chi connectivity index (χ0) is 22.9. The van der Waals surface area contributed by atoms with Gasteiger partial charge in [0.05, 0.1) is 22.9 Å². The third kappa shape index (κ3) is 4.20. The van der Waals surface area contributed by atoms with Gasteiger partial charge in [-0.15, -0.1) is 0 Å². The van der Waals surface area contributed by atoms with Crippen molar-refractivity contribution in [3.63, 3.8) is 0 Å². The second-order valence-corrected chi connectivity index (χ2v) is 6.48. The van der Waals surface area contributed by atoms with E-state index >= 15 is 0 Å². The number of benzene rings is 2. The van der Waals surface area contributed by atoms with Crippen LogP contribution >= 0.6 is 0 Å². The fourth-order valence-electron chi connectivity index (χ4n) is 3.13. The summed E-state index contributed by atoms with van der Waals surface area (Å²) in [4.78, 5) is 35.3. The molecule has 1 N–H and O–H groups in total. The maximum absolute atomic E-state index is 13.2. The first-order valence-corrected chi connectivity index (χ1v) is 8.95. The molecule has 0 aliphatic rings. The second-order valence-electron chi connectivity index (χ2n) is 6.48. The number of nitrogens with zero attached hydrogens (tertiary/aromatic N) is 2. The molecule has 0 aliphatic carbocycles. The van der Waals surface area contributed by atoms with Gasteiger partial charge in [-0.2, -0.15) is 13.2 Å². The minimum absolute atomic E-state index is 0.202. The fourth-order valence-corrected chi connectivity index (χ4v) is 3.13. The van der Waals surface area contributed by atoms with Crippen molar-refractivity contribution in [2.45, 2.75) is 19.6 Å². The zero-order valence-corrected chi connectivity index (χ0v) is 16.3. The molecule has 11 heteroatoms. The Morgan fingerprint density at radius 2 is 1.94 bits per heavy atom. The number of halogens is 3. The lowest BCUT2D eigenvalue weighted by Gasteiger charge is -2.13. The van der Waals surface area contributed by atoms with Crippen molar-refractivity contribution < 1.29 is 27.6 Å². The molecule has 0 atom stereocenters. The summed E-state index contributed by atoms with van der Waals surface area (Å²) in [6.45, 7) is 2.21. The van der Waals surface area contributed by atoms with Gasteiger partial charge in [0.2, 0.25) is 5.43 Å². The molecule has 0 unspecified atom stereocenters. The van der Waals surface area contributed by atoms with Crippen LogP contribution in [0, 0.1) is 10.1 Å². The first kappa shape index (κ1) is 21.8. The molecule has 0 radical (unpaired) electrons. The number of hydrogen-bond donors (Lipinski definition) is 1. The molecule has 3 aromatic rings. The molecular formula is C20H16F3N3O5. The van der Waals surface area contributed by atoms with Crippen LogP contribution in [0.2, 0.25) is 0 Å². The number of alkyl halides is 3. The number of fused-ring (bicyclic) bond motifs is 1. The van der Waals surface area contributed by atoms with Gasteiger partial charge in [0.15, 0.2) is 0 Å². The topological polar surface area (TPSA) is 103 Å². The summed E-state index contributed by atoms with van der Waals surface area (Å²) in [5.41, 5.74) is -3.36. The van der Waals surface area contributed by atoms with E-state index in [0.29, 0.717) is 29.9 Å². The molecule has 0 bridgehead atoms. The van der Waals surface area contributed by atoms with Crippen LogP contribution in [0.15, 0.2) is 47.4 Å². The molecular weight excluding hydrogens is 419 g/mol. The van der Waals surface area contributed by atoms with Gasteiger partial charge in [0.1, 0.15) is 16.9 Å². The Morgan fingerprint density at radius 3 is 2.52 bits per heavy atom. The second kappa shape index (κ2) is 8.09. The van der Waals surface area contributed by atoms with Crippen LogP contribution in [0.4, 0.5) is 24.5 Å². The van der Waals surface area contributed by atoms with Gasteiger partial charge < -0.3 is 14.6 Å². The monoisotopic (exact) mass is 435 g/mol. The molecule has 1 amide bonds. The van der Waals surface area contributed by atoms with Gasteiger partial charge in [0, 0.05) is 24.5 Å². The average Bonchev–Trinajstić information content (AvgIpc) is 2.73. The van der Waals surface area contributed by atoms with E-state index in [0.717, 1.165) is 6.07 Å². The van der Waals surface area contributed by atoms with Crippen LogP contribution in [-0.2, 0) is 12.7 Å². The Bertz CT molecular complexity index is 1250. The predicted molar refractivity (Wildman–Crippen MR) is 106 cm³/mol. The highest BCUT2D eigenvalue weighted by atomic mass is 19.4. The number of nitro benzene ring substituents is 1. The minimum atomic E-state index is -5.00. The van der Waals surface area contributed by atoms with Crippen LogP contribution in [-0.4, -0.2) is 22.5 Å². The number of pyridine rings is 1. The van der Waals surface area contributed by atoms with E-state index in [2.05, 4.69) is 5.32 Å². The molecule has 0 fully saturated rings. The smallest absolute Gasteiger partial charge is 0.423 e. The molecule has 1 aromatic heterocycles. The Labute approximate surface area is 173 Å². The third-order valence-corrected chi connectivity index (χ3v) is 4.63. The number of rotatable bonds is 5. The van der Waals surface area contributed by atoms with E-state index in [4.69, 9.17) is 4.74 Å². The summed E-state index contributed by atoms with van der Waals surface area (Å²) in [6, 6.07) is 6.85. The number of aromatic nitrogens is 1. The first-order chi connectivity index (χ1) is 14.6. The van der Waals surface area contributed by atoms with Crippen LogP contribution in [0.3, 0.4) is 0 Å². The SMILES string of the molecule is CCn1cc(C(=O)Nc2ccc([N+](=O)[O-])c(C(F)(F)F)c2)c(=O)c2cc(OC)ccc21. The van der Waals surface area contributed by atoms with E-state index in [-0.39, 0.29) is 16.6 Å². The van der Waals surface area contributed by atoms with Gasteiger partial charge in [0.25, 0.3) is 11.6 Å². The molecule has 8 nitrogen and oxygen atoms in total. The van der Waals surface area contributed by atoms with Gasteiger partial charge in [-0.1, -0.05) is 0 Å². The van der Waals surface area contributed by atoms with Crippen LogP contribution < -0.4 is 15.5 Å². The van der Waals surface area contributed by atoms with E-state index in [1.54, 1.807) is 23.6 Å². The summed E-state index contributed by atoms with van der Waals surface area (Å²) in [6.07, 6.45) is -3.69. The van der Waals surface area contributed by atoms with Crippen LogP contribution in [0.1, 0.15) is 22.8 Å². The lowest BCUT2D eigenvalue weighted by atomic mass is 10.1. The van der Waals surface area contributed by atoms with Gasteiger partial charge in [-0.05, 0) is 37.3 Å². The minimum Gasteiger partial charge on any atom is -0.497 e. The van der Waals surface area contributed by atoms with Gasteiger partial charge >= 0.3 is 6.18 Å². The van der Waals surface area contributed by atoms with Crippen molar-refractivity contribution in [1.82, 2.24) is 4.57 Å². The molecule has 31 heavy (non-hydrogen) atoms. The quantitative estimate of drug-likeness (QED) is 0.478. The number of methoxy groups -OCH3 is 1. The summed E-state index contributed by atoms with van der Waals surface area (Å²) in [7, 11) is 1.42. The van der Waals surface area contributed by atoms with Gasteiger partial charge in [-0.3, -0.25) is 19.7 Å². The Balaban J connectivity index is 2.07. The summed E-state index contributed by atoms with van der Waals surface area (Å²) >= 11 is 0. The highest BCUT2D eigenvalue weighted by Gasteiger charge is 2.38. The standard InChI is InChI=1S/C20H16F3N3O5/c1-3-25-10-14(18(27)13-9-12(31-2)5-7-16(13)25)19(28)24-11-4-6-17(26(29)30)15(8-11)20(21,22)23/h4-10H,3H2,1-2H3,(H,24,28). The molecule has 0 saturated carbocycles. The van der Waals surface area contributed by atoms with Crippen molar-refractivity contribution in [1.29, 1.82) is 0 Å². The molecule has 2 aromatic carbocycles. The molecule has 1 heterocycles. The maximum Gasteiger partial charge on any atom is 0.423 e. The maximum atomic E-state index is 13.2. The Kier molecular flexibility index (Phi) is 5.69. The molecule has 162 valence electrons. The van der Waals surface area contributed by atoms with E-state index in [9.17, 15) is 32.9 Å². The van der Waals surface area contributed by atoms with Crippen molar-refractivity contribution in [3.05, 3.63) is 74.1 Å².